The lowest BCUT2D eigenvalue weighted by Gasteiger charge is -2.44. The first-order valence-corrected chi connectivity index (χ1v) is 6.61. The molecule has 0 aliphatic heterocycles. The van der Waals surface area contributed by atoms with Crippen LogP contribution in [0, 0.1) is 16.7 Å². The monoisotopic (exact) mass is 231 g/mol. The van der Waals surface area contributed by atoms with Crippen LogP contribution >= 0.6 is 0 Å². The molecular weight excluding hydrogens is 210 g/mol. The summed E-state index contributed by atoms with van der Waals surface area (Å²) in [5, 5.41) is 0. The number of hydrogen-bond acceptors (Lipinski definition) is 1. The summed E-state index contributed by atoms with van der Waals surface area (Å²) in [5.74, 6) is 0.819. The number of aldehydes is 1. The highest BCUT2D eigenvalue weighted by molar-refractivity contribution is 5.72. The van der Waals surface area contributed by atoms with Gasteiger partial charge in [-0.15, -0.1) is 0 Å². The van der Waals surface area contributed by atoms with Crippen LogP contribution in [-0.2, 0) is 0 Å². The normalized spacial score (nSPS) is 38.5. The molecule has 1 heterocycles. The van der Waals surface area contributed by atoms with Gasteiger partial charge in [-0.25, -0.2) is 0 Å². The highest BCUT2D eigenvalue weighted by atomic mass is 16.1. The number of hydrogen-bond donors (Lipinski definition) is 0. The van der Waals surface area contributed by atoms with E-state index < -0.39 is 0 Å². The first kappa shape index (κ1) is 11.1. The number of rotatable bonds is 2. The Morgan fingerprint density at radius 1 is 1.41 bits per heavy atom. The minimum Gasteiger partial charge on any atom is -0.341 e. The van der Waals surface area contributed by atoms with E-state index in [2.05, 4.69) is 31.5 Å². The topological polar surface area (TPSA) is 22.0 Å². The third-order valence-electron chi connectivity index (χ3n) is 5.40. The van der Waals surface area contributed by atoms with Crippen LogP contribution in [0.3, 0.4) is 0 Å². The van der Waals surface area contributed by atoms with Crippen molar-refractivity contribution in [3.63, 3.8) is 0 Å². The van der Waals surface area contributed by atoms with E-state index in [9.17, 15) is 4.79 Å². The maximum atomic E-state index is 11.1. The minimum absolute atomic E-state index is 0.309. The molecule has 3 unspecified atom stereocenters. The van der Waals surface area contributed by atoms with Crippen molar-refractivity contribution in [3.8, 4) is 0 Å². The summed E-state index contributed by atoms with van der Waals surface area (Å²) in [5.41, 5.74) is 1.52. The molecule has 2 heteroatoms. The number of carbonyl (C=O) groups is 1. The number of carbonyl (C=O) groups excluding carboxylic acids is 1. The van der Waals surface area contributed by atoms with Gasteiger partial charge in [-0.3, -0.25) is 4.79 Å². The Kier molecular flexibility index (Phi) is 2.11. The third-order valence-corrected chi connectivity index (χ3v) is 5.40. The van der Waals surface area contributed by atoms with Gasteiger partial charge in [0.05, 0.1) is 5.69 Å². The first-order chi connectivity index (χ1) is 7.99. The fraction of sp³-hybridized carbons (Fsp3) is 0.667. The van der Waals surface area contributed by atoms with Crippen LogP contribution in [0.25, 0.3) is 0 Å². The van der Waals surface area contributed by atoms with Gasteiger partial charge in [0.2, 0.25) is 0 Å². The smallest absolute Gasteiger partial charge is 0.166 e. The van der Waals surface area contributed by atoms with Gasteiger partial charge < -0.3 is 4.57 Å². The van der Waals surface area contributed by atoms with Crippen LogP contribution in [0.15, 0.2) is 18.3 Å². The molecule has 92 valence electrons. The fourth-order valence-corrected chi connectivity index (χ4v) is 4.71. The van der Waals surface area contributed by atoms with Gasteiger partial charge in [-0.05, 0) is 48.1 Å². The molecule has 2 saturated carbocycles. The summed E-state index contributed by atoms with van der Waals surface area (Å²) in [4.78, 5) is 11.1. The lowest BCUT2D eigenvalue weighted by Crippen LogP contribution is -2.37. The molecule has 1 aromatic rings. The molecule has 0 saturated heterocycles. The van der Waals surface area contributed by atoms with Crippen LogP contribution in [-0.4, -0.2) is 10.9 Å². The number of aromatic nitrogens is 1. The second kappa shape index (κ2) is 3.24. The van der Waals surface area contributed by atoms with Crippen molar-refractivity contribution in [1.82, 2.24) is 4.57 Å². The molecule has 3 rings (SSSR count). The Morgan fingerprint density at radius 2 is 2.18 bits per heavy atom. The van der Waals surface area contributed by atoms with E-state index in [0.717, 1.165) is 17.9 Å². The van der Waals surface area contributed by atoms with Gasteiger partial charge in [0.15, 0.2) is 6.29 Å². The van der Waals surface area contributed by atoms with Crippen molar-refractivity contribution in [1.29, 1.82) is 0 Å². The van der Waals surface area contributed by atoms with Gasteiger partial charge in [0, 0.05) is 12.2 Å². The third kappa shape index (κ3) is 1.30. The summed E-state index contributed by atoms with van der Waals surface area (Å²) in [6, 6.07) is 4.40. The average Bonchev–Trinajstić information content (AvgIpc) is 2.88. The van der Waals surface area contributed by atoms with Gasteiger partial charge in [0.25, 0.3) is 0 Å². The van der Waals surface area contributed by atoms with Gasteiger partial charge in [-0.2, -0.15) is 0 Å². The van der Waals surface area contributed by atoms with Gasteiger partial charge >= 0.3 is 0 Å². The second-order valence-electron chi connectivity index (χ2n) is 6.78. The summed E-state index contributed by atoms with van der Waals surface area (Å²) in [6.07, 6.45) is 7.06. The van der Waals surface area contributed by atoms with Crippen molar-refractivity contribution in [3.05, 3.63) is 24.0 Å². The lowest BCUT2D eigenvalue weighted by atomic mass is 9.68. The van der Waals surface area contributed by atoms with Gasteiger partial charge in [0.1, 0.15) is 0 Å². The van der Waals surface area contributed by atoms with Crippen LogP contribution in [0.1, 0.15) is 56.6 Å². The van der Waals surface area contributed by atoms with Crippen LogP contribution < -0.4 is 0 Å². The summed E-state index contributed by atoms with van der Waals surface area (Å²) in [7, 11) is 0. The van der Waals surface area contributed by atoms with Crippen LogP contribution in [0.2, 0.25) is 0 Å². The first-order valence-electron chi connectivity index (χ1n) is 6.61. The average molecular weight is 231 g/mol. The van der Waals surface area contributed by atoms with Crippen LogP contribution in [0.4, 0.5) is 0 Å². The van der Waals surface area contributed by atoms with Crippen molar-refractivity contribution < 1.29 is 4.79 Å². The van der Waals surface area contributed by atoms with Crippen LogP contribution in [0.5, 0.6) is 0 Å². The standard InChI is InChI=1S/C15H21NO/c1-14(2)11-6-7-15(3,9-11)13(14)16-8-4-5-12(16)10-17/h4-5,8,10-11,13H,6-7,9H2,1-3H3. The molecule has 2 fully saturated rings. The Bertz CT molecular complexity index is 454. The Balaban J connectivity index is 2.11. The molecule has 0 N–H and O–H groups in total. The molecule has 0 amide bonds. The second-order valence-corrected chi connectivity index (χ2v) is 6.78. The molecular formula is C15H21NO. The molecule has 0 aromatic carbocycles. The van der Waals surface area contributed by atoms with E-state index in [4.69, 9.17) is 0 Å². The predicted octanol–water partition coefficient (Wildman–Crippen LogP) is 3.69. The Morgan fingerprint density at radius 3 is 2.76 bits per heavy atom. The van der Waals surface area contributed by atoms with E-state index in [-0.39, 0.29) is 0 Å². The highest BCUT2D eigenvalue weighted by Crippen LogP contribution is 2.68. The molecule has 2 nitrogen and oxygen atoms in total. The molecule has 2 bridgehead atoms. The minimum atomic E-state index is 0.309. The molecule has 3 atom stereocenters. The maximum absolute atomic E-state index is 11.1. The van der Waals surface area contributed by atoms with E-state index in [1.54, 1.807) is 0 Å². The largest absolute Gasteiger partial charge is 0.341 e. The maximum Gasteiger partial charge on any atom is 0.166 e. The lowest BCUT2D eigenvalue weighted by molar-refractivity contribution is 0.0803. The summed E-state index contributed by atoms with van der Waals surface area (Å²) in [6.45, 7) is 7.16. The zero-order valence-corrected chi connectivity index (χ0v) is 10.9. The fourth-order valence-electron chi connectivity index (χ4n) is 4.71. The highest BCUT2D eigenvalue weighted by Gasteiger charge is 2.60. The zero-order valence-electron chi connectivity index (χ0n) is 10.9. The van der Waals surface area contributed by atoms with E-state index in [1.165, 1.54) is 19.3 Å². The Labute approximate surface area is 103 Å². The van der Waals surface area contributed by atoms with Crippen molar-refractivity contribution in [2.45, 2.75) is 46.1 Å². The quantitative estimate of drug-likeness (QED) is 0.711. The molecule has 0 spiro atoms. The Hall–Kier alpha value is -1.05. The van der Waals surface area contributed by atoms with Gasteiger partial charge in [-0.1, -0.05) is 20.8 Å². The zero-order chi connectivity index (χ0) is 12.3. The number of nitrogens with zero attached hydrogens (tertiary/aromatic N) is 1. The summed E-state index contributed by atoms with van der Waals surface area (Å²) >= 11 is 0. The molecule has 1 aromatic heterocycles. The van der Waals surface area contributed by atoms with Crippen molar-refractivity contribution in [2.75, 3.05) is 0 Å². The molecule has 2 aliphatic rings. The van der Waals surface area contributed by atoms with Crippen molar-refractivity contribution in [2.24, 2.45) is 16.7 Å². The SMILES string of the molecule is CC12CCC(C1)C(C)(C)C2n1cccc1C=O. The number of fused-ring (bicyclic) bond motifs is 2. The van der Waals surface area contributed by atoms with E-state index in [0.29, 0.717) is 16.9 Å². The molecule has 0 radical (unpaired) electrons. The molecule has 17 heavy (non-hydrogen) atoms. The predicted molar refractivity (Wildman–Crippen MR) is 68.1 cm³/mol. The molecule has 2 aliphatic carbocycles. The van der Waals surface area contributed by atoms with E-state index >= 15 is 0 Å². The van der Waals surface area contributed by atoms with Crippen molar-refractivity contribution >= 4 is 6.29 Å². The summed E-state index contributed by atoms with van der Waals surface area (Å²) < 4.78 is 2.23. The van der Waals surface area contributed by atoms with E-state index in [1.807, 2.05) is 12.1 Å².